The third kappa shape index (κ3) is 4.56. The van der Waals surface area contributed by atoms with E-state index in [1.807, 2.05) is 16.8 Å². The summed E-state index contributed by atoms with van der Waals surface area (Å²) in [6.45, 7) is 2.34. The average molecular weight is 369 g/mol. The van der Waals surface area contributed by atoms with Crippen LogP contribution in [-0.4, -0.2) is 12.5 Å². The van der Waals surface area contributed by atoms with Gasteiger partial charge in [0.1, 0.15) is 11.9 Å². The fraction of sp³-hybridized carbons (Fsp3) is 0.190. The lowest BCUT2D eigenvalue weighted by molar-refractivity contribution is -0.675. The lowest BCUT2D eigenvalue weighted by Gasteiger charge is -2.15. The van der Waals surface area contributed by atoms with Gasteiger partial charge in [0.2, 0.25) is 0 Å². The zero-order valence-corrected chi connectivity index (χ0v) is 15.4. The minimum absolute atomic E-state index is 0.0484. The average Bonchev–Trinajstić information content (AvgIpc) is 3.19. The largest absolute Gasteiger partial charge is 0.328 e. The molecule has 0 aliphatic carbocycles. The first-order chi connectivity index (χ1) is 12.7. The van der Waals surface area contributed by atoms with E-state index in [1.54, 1.807) is 29.5 Å². The van der Waals surface area contributed by atoms with Crippen LogP contribution in [0, 0.1) is 5.82 Å². The Balaban J connectivity index is 1.70. The number of halogens is 1. The van der Waals surface area contributed by atoms with Gasteiger partial charge in [0.25, 0.3) is 5.91 Å². The summed E-state index contributed by atoms with van der Waals surface area (Å²) in [5.74, 6) is -0.646. The first-order valence-electron chi connectivity index (χ1n) is 8.67. The topological polar surface area (TPSA) is 45.7 Å². The van der Waals surface area contributed by atoms with E-state index in [-0.39, 0.29) is 24.2 Å². The number of benzene rings is 2. The number of para-hydroxylation sites is 1. The summed E-state index contributed by atoms with van der Waals surface area (Å²) < 4.78 is 13.7. The van der Waals surface area contributed by atoms with Crippen molar-refractivity contribution < 1.29 is 14.5 Å². The molecule has 3 rings (SSSR count). The minimum atomic E-state index is -0.425. The zero-order valence-electron chi connectivity index (χ0n) is 14.6. The summed E-state index contributed by atoms with van der Waals surface area (Å²) >= 11 is 1.67. The quantitative estimate of drug-likeness (QED) is 0.655. The minimum Gasteiger partial charge on any atom is -0.328 e. The highest BCUT2D eigenvalue weighted by Crippen LogP contribution is 2.23. The molecule has 0 fully saturated rings. The smallest absolute Gasteiger partial charge is 0.279 e. The Kier molecular flexibility index (Phi) is 6.15. The third-order valence-electron chi connectivity index (χ3n) is 4.28. The number of hydrogen-bond donors (Lipinski definition) is 2. The van der Waals surface area contributed by atoms with Gasteiger partial charge in [-0.1, -0.05) is 49.4 Å². The molecule has 1 atom stereocenters. The van der Waals surface area contributed by atoms with Crippen molar-refractivity contribution in [3.05, 3.63) is 87.9 Å². The van der Waals surface area contributed by atoms with Crippen molar-refractivity contribution >= 4 is 22.9 Å². The van der Waals surface area contributed by atoms with Crippen molar-refractivity contribution in [1.82, 2.24) is 0 Å². The van der Waals surface area contributed by atoms with Crippen LogP contribution in [0.5, 0.6) is 0 Å². The van der Waals surface area contributed by atoms with Gasteiger partial charge in [-0.25, -0.2) is 4.39 Å². The predicted octanol–water partition coefficient (Wildman–Crippen LogP) is 3.74. The Morgan fingerprint density at radius 1 is 1.12 bits per heavy atom. The van der Waals surface area contributed by atoms with Crippen molar-refractivity contribution in [3.63, 3.8) is 0 Å². The number of amides is 1. The van der Waals surface area contributed by atoms with E-state index >= 15 is 0 Å². The molecular formula is C21H22FN2OS+. The highest BCUT2D eigenvalue weighted by Gasteiger charge is 2.20. The van der Waals surface area contributed by atoms with Crippen LogP contribution >= 0.6 is 11.3 Å². The maximum atomic E-state index is 13.7. The summed E-state index contributed by atoms with van der Waals surface area (Å²) in [5.41, 5.74) is 2.66. The number of anilines is 1. The van der Waals surface area contributed by atoms with Gasteiger partial charge < -0.3 is 10.6 Å². The molecule has 1 aromatic heterocycles. The number of carbonyl (C=O) groups is 1. The van der Waals surface area contributed by atoms with Crippen LogP contribution in [0.1, 0.15) is 29.0 Å². The Morgan fingerprint density at radius 2 is 1.88 bits per heavy atom. The second-order valence-corrected chi connectivity index (χ2v) is 7.04. The second-order valence-electron chi connectivity index (χ2n) is 6.06. The van der Waals surface area contributed by atoms with Crippen LogP contribution in [0.25, 0.3) is 0 Å². The summed E-state index contributed by atoms with van der Waals surface area (Å²) in [4.78, 5) is 13.5. The van der Waals surface area contributed by atoms with Crippen LogP contribution in [0.3, 0.4) is 0 Å². The van der Waals surface area contributed by atoms with E-state index in [2.05, 4.69) is 42.6 Å². The predicted molar refractivity (Wildman–Crippen MR) is 104 cm³/mol. The Morgan fingerprint density at radius 3 is 2.54 bits per heavy atom. The number of hydrogen-bond acceptors (Lipinski definition) is 2. The molecule has 3 nitrogen and oxygen atoms in total. The standard InChI is InChI=1S/C21H21FN2OS/c1-2-15-9-11-16(12-10-15)21(19-8-5-13-26-19)23-14-20(25)24-18-7-4-3-6-17(18)22/h3-13,21,23H,2,14H2,1H3,(H,24,25)/p+1/t21-/m1/s1. The van der Waals surface area contributed by atoms with Gasteiger partial charge in [0.15, 0.2) is 6.54 Å². The van der Waals surface area contributed by atoms with Crippen molar-refractivity contribution in [2.24, 2.45) is 0 Å². The van der Waals surface area contributed by atoms with Gasteiger partial charge in [-0.05, 0) is 35.6 Å². The molecule has 0 aliphatic heterocycles. The highest BCUT2D eigenvalue weighted by atomic mass is 32.1. The van der Waals surface area contributed by atoms with Crippen molar-refractivity contribution in [2.75, 3.05) is 11.9 Å². The first kappa shape index (κ1) is 18.3. The molecule has 1 heterocycles. The molecule has 0 saturated heterocycles. The van der Waals surface area contributed by atoms with E-state index in [0.29, 0.717) is 0 Å². The van der Waals surface area contributed by atoms with Gasteiger partial charge >= 0.3 is 0 Å². The van der Waals surface area contributed by atoms with Gasteiger partial charge in [0.05, 0.1) is 10.6 Å². The summed E-state index contributed by atoms with van der Waals surface area (Å²) in [6, 6.07) is 18.8. The first-order valence-corrected chi connectivity index (χ1v) is 9.55. The maximum absolute atomic E-state index is 13.7. The van der Waals surface area contributed by atoms with Crippen LogP contribution in [0.2, 0.25) is 0 Å². The third-order valence-corrected chi connectivity index (χ3v) is 5.24. The Hall–Kier alpha value is -2.50. The molecule has 2 aromatic carbocycles. The monoisotopic (exact) mass is 369 g/mol. The SMILES string of the molecule is CCc1ccc([C@@H]([NH2+]CC(=O)Nc2ccccc2F)c2cccs2)cc1. The summed E-state index contributed by atoms with van der Waals surface area (Å²) in [7, 11) is 0. The van der Waals surface area contributed by atoms with E-state index in [0.717, 1.165) is 12.0 Å². The molecule has 0 radical (unpaired) electrons. The molecular weight excluding hydrogens is 347 g/mol. The van der Waals surface area contributed by atoms with Gasteiger partial charge in [-0.2, -0.15) is 0 Å². The van der Waals surface area contributed by atoms with Crippen LogP contribution < -0.4 is 10.6 Å². The summed E-state index contributed by atoms with van der Waals surface area (Å²) in [5, 5.41) is 6.67. The molecule has 134 valence electrons. The van der Waals surface area contributed by atoms with Gasteiger partial charge in [-0.15, -0.1) is 11.3 Å². The Bertz CT molecular complexity index is 847. The number of aryl methyl sites for hydroxylation is 1. The number of carbonyl (C=O) groups excluding carboxylic acids is 1. The zero-order chi connectivity index (χ0) is 18.4. The molecule has 0 spiro atoms. The van der Waals surface area contributed by atoms with E-state index < -0.39 is 5.82 Å². The lowest BCUT2D eigenvalue weighted by atomic mass is 10.0. The second kappa shape index (κ2) is 8.74. The van der Waals surface area contributed by atoms with E-state index in [1.165, 1.54) is 16.5 Å². The van der Waals surface area contributed by atoms with Crippen molar-refractivity contribution in [3.8, 4) is 0 Å². The number of rotatable bonds is 7. The van der Waals surface area contributed by atoms with Crippen LogP contribution in [0.15, 0.2) is 66.0 Å². The normalized spacial score (nSPS) is 11.9. The molecule has 0 saturated carbocycles. The number of quaternary nitrogens is 1. The highest BCUT2D eigenvalue weighted by molar-refractivity contribution is 7.10. The molecule has 0 bridgehead atoms. The van der Waals surface area contributed by atoms with Gasteiger partial charge in [-0.3, -0.25) is 4.79 Å². The van der Waals surface area contributed by atoms with Crippen LogP contribution in [-0.2, 0) is 11.2 Å². The summed E-state index contributed by atoms with van der Waals surface area (Å²) in [6.07, 6.45) is 0.999. The van der Waals surface area contributed by atoms with E-state index in [4.69, 9.17) is 0 Å². The number of nitrogens with one attached hydrogen (secondary N) is 1. The molecule has 5 heteroatoms. The molecule has 3 aromatic rings. The lowest BCUT2D eigenvalue weighted by Crippen LogP contribution is -2.87. The molecule has 3 N–H and O–H groups in total. The van der Waals surface area contributed by atoms with Crippen molar-refractivity contribution in [1.29, 1.82) is 0 Å². The molecule has 0 unspecified atom stereocenters. The van der Waals surface area contributed by atoms with E-state index in [9.17, 15) is 9.18 Å². The van der Waals surface area contributed by atoms with Crippen LogP contribution in [0.4, 0.5) is 10.1 Å². The van der Waals surface area contributed by atoms with Gasteiger partial charge in [0, 0.05) is 5.56 Å². The number of thiophene rings is 1. The number of nitrogens with two attached hydrogens (primary N) is 1. The fourth-order valence-electron chi connectivity index (χ4n) is 2.83. The molecule has 0 aliphatic rings. The van der Waals surface area contributed by atoms with Crippen molar-refractivity contribution in [2.45, 2.75) is 19.4 Å². The maximum Gasteiger partial charge on any atom is 0.279 e. The Labute approximate surface area is 156 Å². The fourth-order valence-corrected chi connectivity index (χ4v) is 3.68. The molecule has 26 heavy (non-hydrogen) atoms. The molecule has 1 amide bonds.